The second kappa shape index (κ2) is 7.24. The summed E-state index contributed by atoms with van der Waals surface area (Å²) in [6.07, 6.45) is 4.96. The summed E-state index contributed by atoms with van der Waals surface area (Å²) < 4.78 is 0. The lowest BCUT2D eigenvalue weighted by Gasteiger charge is -2.26. The molecule has 0 atom stereocenters. The second-order valence-electron chi connectivity index (χ2n) is 4.98. The molecule has 0 aliphatic heterocycles. The van der Waals surface area contributed by atoms with Crippen molar-refractivity contribution in [1.29, 1.82) is 0 Å². The Kier molecular flexibility index (Phi) is 7.20. The molecule has 0 unspecified atom stereocenters. The smallest absolute Gasteiger partial charge is 0.0494 e. The third-order valence-electron chi connectivity index (χ3n) is 2.57. The van der Waals surface area contributed by atoms with E-state index in [-0.39, 0.29) is 12.0 Å². The quantitative estimate of drug-likeness (QED) is 0.632. The molecule has 2 heteroatoms. The van der Waals surface area contributed by atoms with Gasteiger partial charge in [-0.25, -0.2) is 0 Å². The fourth-order valence-electron chi connectivity index (χ4n) is 1.52. The Balaban J connectivity index is 3.80. The van der Waals surface area contributed by atoms with Crippen molar-refractivity contribution in [2.24, 2.45) is 5.41 Å². The Morgan fingerprint density at radius 1 is 1.14 bits per heavy atom. The van der Waals surface area contributed by atoms with E-state index in [9.17, 15) is 0 Å². The molecule has 0 aromatic rings. The van der Waals surface area contributed by atoms with Crippen molar-refractivity contribution in [3.8, 4) is 0 Å². The van der Waals surface area contributed by atoms with Crippen molar-refractivity contribution < 1.29 is 5.11 Å². The van der Waals surface area contributed by atoms with Gasteiger partial charge in [-0.05, 0) is 12.8 Å². The molecular weight excluding hydrogens is 174 g/mol. The number of rotatable bonds is 8. The molecule has 0 saturated heterocycles. The molecule has 2 nitrogen and oxygen atoms in total. The van der Waals surface area contributed by atoms with Gasteiger partial charge in [-0.2, -0.15) is 0 Å². The van der Waals surface area contributed by atoms with Crippen LogP contribution in [-0.4, -0.2) is 24.3 Å². The van der Waals surface area contributed by atoms with Crippen molar-refractivity contribution in [3.05, 3.63) is 0 Å². The van der Waals surface area contributed by atoms with Gasteiger partial charge in [0.15, 0.2) is 0 Å². The molecule has 0 rings (SSSR count). The van der Waals surface area contributed by atoms with E-state index in [4.69, 9.17) is 5.11 Å². The zero-order valence-corrected chi connectivity index (χ0v) is 10.3. The van der Waals surface area contributed by atoms with Gasteiger partial charge < -0.3 is 10.4 Å². The number of nitrogens with one attached hydrogen (secondary N) is 1. The summed E-state index contributed by atoms with van der Waals surface area (Å²) in [5, 5.41) is 12.7. The van der Waals surface area contributed by atoms with Crippen LogP contribution in [0.4, 0.5) is 0 Å². The minimum Gasteiger partial charge on any atom is -0.396 e. The van der Waals surface area contributed by atoms with Crippen LogP contribution < -0.4 is 5.32 Å². The molecule has 0 saturated carbocycles. The molecule has 0 fully saturated rings. The van der Waals surface area contributed by atoms with Crippen LogP contribution in [0.2, 0.25) is 0 Å². The van der Waals surface area contributed by atoms with Crippen LogP contribution in [0, 0.1) is 5.41 Å². The van der Waals surface area contributed by atoms with Crippen LogP contribution in [0.25, 0.3) is 0 Å². The van der Waals surface area contributed by atoms with Crippen molar-refractivity contribution >= 4 is 0 Å². The molecule has 0 amide bonds. The molecule has 0 heterocycles. The highest BCUT2D eigenvalue weighted by Crippen LogP contribution is 2.13. The van der Waals surface area contributed by atoms with E-state index in [1.807, 2.05) is 0 Å². The average Bonchev–Trinajstić information content (AvgIpc) is 2.15. The van der Waals surface area contributed by atoms with Crippen LogP contribution in [0.3, 0.4) is 0 Å². The number of aliphatic hydroxyl groups is 1. The van der Waals surface area contributed by atoms with E-state index in [0.717, 1.165) is 6.54 Å². The zero-order valence-electron chi connectivity index (χ0n) is 10.3. The first-order valence-corrected chi connectivity index (χ1v) is 5.90. The molecule has 0 radical (unpaired) electrons. The van der Waals surface area contributed by atoms with Crippen LogP contribution in [0.5, 0.6) is 0 Å². The summed E-state index contributed by atoms with van der Waals surface area (Å²) in [6, 6.07) is 0.635. The molecule has 86 valence electrons. The predicted octanol–water partition coefficient (Wildman–Crippen LogP) is 2.56. The van der Waals surface area contributed by atoms with E-state index in [1.165, 1.54) is 25.7 Å². The van der Waals surface area contributed by atoms with E-state index in [1.54, 1.807) is 0 Å². The van der Waals surface area contributed by atoms with Crippen molar-refractivity contribution in [1.82, 2.24) is 5.32 Å². The Labute approximate surface area is 89.1 Å². The van der Waals surface area contributed by atoms with E-state index in [2.05, 4.69) is 33.0 Å². The Bertz CT molecular complexity index is 128. The first-order chi connectivity index (χ1) is 6.55. The summed E-state index contributed by atoms with van der Waals surface area (Å²) in [5.41, 5.74) is 0.0136. The number of hydrogen-bond acceptors (Lipinski definition) is 2. The second-order valence-corrected chi connectivity index (χ2v) is 4.98. The highest BCUT2D eigenvalue weighted by atomic mass is 16.3. The Hall–Kier alpha value is -0.0800. The van der Waals surface area contributed by atoms with Gasteiger partial charge in [0.05, 0.1) is 0 Å². The summed E-state index contributed by atoms with van der Waals surface area (Å²) in [5.74, 6) is 0. The van der Waals surface area contributed by atoms with Crippen molar-refractivity contribution in [3.63, 3.8) is 0 Å². The van der Waals surface area contributed by atoms with Crippen molar-refractivity contribution in [2.75, 3.05) is 13.2 Å². The number of hydrogen-bond donors (Lipinski definition) is 2. The lowest BCUT2D eigenvalue weighted by molar-refractivity contribution is 0.151. The highest BCUT2D eigenvalue weighted by molar-refractivity contribution is 4.74. The minimum atomic E-state index is 0.0136. The molecule has 0 aliphatic rings. The van der Waals surface area contributed by atoms with Crippen LogP contribution in [0.15, 0.2) is 0 Å². The summed E-state index contributed by atoms with van der Waals surface area (Å²) >= 11 is 0. The Morgan fingerprint density at radius 3 is 2.00 bits per heavy atom. The van der Waals surface area contributed by atoms with E-state index < -0.39 is 0 Å². The first-order valence-electron chi connectivity index (χ1n) is 5.90. The molecule has 0 aromatic heterocycles. The van der Waals surface area contributed by atoms with Crippen LogP contribution in [-0.2, 0) is 0 Å². The highest BCUT2D eigenvalue weighted by Gasteiger charge is 2.17. The standard InChI is InChI=1S/C12H27NO/c1-5-7-11(8-6-2)13-9-12(3,4)10-14/h11,13-14H,5-10H2,1-4H3. The zero-order chi connectivity index (χ0) is 11.0. The normalized spacial score (nSPS) is 12.4. The van der Waals surface area contributed by atoms with E-state index >= 15 is 0 Å². The SMILES string of the molecule is CCCC(CCC)NCC(C)(C)CO. The number of aliphatic hydroxyl groups excluding tert-OH is 1. The molecule has 14 heavy (non-hydrogen) atoms. The lowest BCUT2D eigenvalue weighted by Crippen LogP contribution is -2.38. The summed E-state index contributed by atoms with van der Waals surface area (Å²) in [7, 11) is 0. The maximum absolute atomic E-state index is 9.13. The Morgan fingerprint density at radius 2 is 1.64 bits per heavy atom. The monoisotopic (exact) mass is 201 g/mol. The molecule has 2 N–H and O–H groups in total. The topological polar surface area (TPSA) is 32.3 Å². The average molecular weight is 201 g/mol. The van der Waals surface area contributed by atoms with Gasteiger partial charge in [0, 0.05) is 24.6 Å². The largest absolute Gasteiger partial charge is 0.396 e. The van der Waals surface area contributed by atoms with E-state index in [0.29, 0.717) is 6.04 Å². The molecule has 0 spiro atoms. The lowest BCUT2D eigenvalue weighted by atomic mass is 9.94. The van der Waals surface area contributed by atoms with Gasteiger partial charge in [-0.15, -0.1) is 0 Å². The molecule has 0 aliphatic carbocycles. The maximum Gasteiger partial charge on any atom is 0.0494 e. The first kappa shape index (κ1) is 13.9. The summed E-state index contributed by atoms with van der Waals surface area (Å²) in [6.45, 7) is 9.80. The minimum absolute atomic E-state index is 0.0136. The molecule has 0 aromatic carbocycles. The van der Waals surface area contributed by atoms with Gasteiger partial charge in [0.2, 0.25) is 0 Å². The fourth-order valence-corrected chi connectivity index (χ4v) is 1.52. The molecular formula is C12H27NO. The van der Waals surface area contributed by atoms with Gasteiger partial charge in [-0.1, -0.05) is 40.5 Å². The third kappa shape index (κ3) is 6.39. The fraction of sp³-hybridized carbons (Fsp3) is 1.00. The molecule has 0 bridgehead atoms. The predicted molar refractivity (Wildman–Crippen MR) is 62.5 cm³/mol. The van der Waals surface area contributed by atoms with Gasteiger partial charge in [0.1, 0.15) is 0 Å². The van der Waals surface area contributed by atoms with Gasteiger partial charge in [-0.3, -0.25) is 0 Å². The summed E-state index contributed by atoms with van der Waals surface area (Å²) in [4.78, 5) is 0. The van der Waals surface area contributed by atoms with Crippen LogP contribution in [0.1, 0.15) is 53.4 Å². The van der Waals surface area contributed by atoms with Crippen molar-refractivity contribution in [2.45, 2.75) is 59.4 Å². The van der Waals surface area contributed by atoms with Gasteiger partial charge in [0.25, 0.3) is 0 Å². The van der Waals surface area contributed by atoms with Gasteiger partial charge >= 0.3 is 0 Å². The maximum atomic E-state index is 9.13. The third-order valence-corrected chi connectivity index (χ3v) is 2.57. The van der Waals surface area contributed by atoms with Crippen LogP contribution >= 0.6 is 0 Å².